The van der Waals surface area contributed by atoms with Crippen molar-refractivity contribution in [3.8, 4) is 5.75 Å². The number of fused-ring (bicyclic) bond motifs is 1. The van der Waals surface area contributed by atoms with E-state index >= 15 is 0 Å². The molecule has 1 atom stereocenters. The molecule has 1 aromatic carbocycles. The van der Waals surface area contributed by atoms with Crippen molar-refractivity contribution in [2.45, 2.75) is 50.9 Å². The van der Waals surface area contributed by atoms with E-state index in [4.69, 9.17) is 10.5 Å². The quantitative estimate of drug-likeness (QED) is 0.882. The molecule has 106 valence electrons. The second kappa shape index (κ2) is 4.71. The Labute approximate surface area is 110 Å². The fraction of sp³-hybridized carbons (Fsp3) is 0.571. The number of alkyl halides is 3. The summed E-state index contributed by atoms with van der Waals surface area (Å²) in [5.74, 6) is -0.0857. The fourth-order valence-corrected chi connectivity index (χ4v) is 2.64. The molecule has 0 saturated heterocycles. The summed E-state index contributed by atoms with van der Waals surface area (Å²) in [5, 5.41) is 0. The Bertz CT molecular complexity index is 466. The first-order chi connectivity index (χ1) is 8.83. The molecular weight excluding hydrogens is 255 g/mol. The Morgan fingerprint density at radius 2 is 1.95 bits per heavy atom. The third-order valence-corrected chi connectivity index (χ3v) is 3.95. The van der Waals surface area contributed by atoms with Gasteiger partial charge in [0, 0.05) is 18.0 Å². The summed E-state index contributed by atoms with van der Waals surface area (Å²) in [7, 11) is 0. The molecule has 0 spiro atoms. The third kappa shape index (κ3) is 2.43. The summed E-state index contributed by atoms with van der Waals surface area (Å²) in [6, 6.07) is 3.64. The summed E-state index contributed by atoms with van der Waals surface area (Å²) in [5.41, 5.74) is 5.17. The molecule has 0 saturated carbocycles. The van der Waals surface area contributed by atoms with Crippen molar-refractivity contribution < 1.29 is 17.9 Å². The Morgan fingerprint density at radius 1 is 1.32 bits per heavy atom. The molecule has 19 heavy (non-hydrogen) atoms. The van der Waals surface area contributed by atoms with E-state index in [1.54, 1.807) is 6.07 Å². The maximum Gasteiger partial charge on any atom is 0.419 e. The number of ether oxygens (including phenoxy) is 1. The molecular formula is C14H18F3NO. The molecule has 1 aliphatic rings. The Kier molecular flexibility index (Phi) is 3.51. The van der Waals surface area contributed by atoms with Gasteiger partial charge in [-0.1, -0.05) is 26.0 Å². The Hall–Kier alpha value is -1.23. The van der Waals surface area contributed by atoms with E-state index in [0.29, 0.717) is 24.8 Å². The van der Waals surface area contributed by atoms with E-state index in [1.807, 2.05) is 13.8 Å². The Morgan fingerprint density at radius 3 is 2.47 bits per heavy atom. The van der Waals surface area contributed by atoms with Gasteiger partial charge in [0.1, 0.15) is 11.4 Å². The first kappa shape index (κ1) is 14.2. The lowest BCUT2D eigenvalue weighted by atomic mass is 9.83. The average Bonchev–Trinajstić information content (AvgIpc) is 2.36. The number of hydrogen-bond donors (Lipinski definition) is 1. The highest BCUT2D eigenvalue weighted by Gasteiger charge is 2.43. The molecule has 0 amide bonds. The second-order valence-corrected chi connectivity index (χ2v) is 5.02. The third-order valence-electron chi connectivity index (χ3n) is 3.95. The number of rotatable bonds is 2. The van der Waals surface area contributed by atoms with Crippen molar-refractivity contribution in [2.24, 2.45) is 5.73 Å². The van der Waals surface area contributed by atoms with Crippen LogP contribution in [0, 0.1) is 0 Å². The molecule has 0 fully saturated rings. The minimum Gasteiger partial charge on any atom is -0.486 e. The number of halogens is 3. The van der Waals surface area contributed by atoms with Gasteiger partial charge in [-0.15, -0.1) is 0 Å². The van der Waals surface area contributed by atoms with Crippen molar-refractivity contribution in [1.82, 2.24) is 0 Å². The van der Waals surface area contributed by atoms with E-state index < -0.39 is 23.4 Å². The lowest BCUT2D eigenvalue weighted by molar-refractivity contribution is -0.140. The van der Waals surface area contributed by atoms with Crippen LogP contribution in [0.1, 0.15) is 50.3 Å². The van der Waals surface area contributed by atoms with E-state index in [1.165, 1.54) is 6.07 Å². The first-order valence-electron chi connectivity index (χ1n) is 6.47. The maximum atomic E-state index is 13.0. The van der Waals surface area contributed by atoms with Crippen LogP contribution < -0.4 is 10.5 Å². The molecule has 1 aliphatic heterocycles. The zero-order valence-electron chi connectivity index (χ0n) is 11.1. The van der Waals surface area contributed by atoms with Crippen LogP contribution in [0.15, 0.2) is 18.2 Å². The highest BCUT2D eigenvalue weighted by atomic mass is 19.4. The van der Waals surface area contributed by atoms with Crippen LogP contribution in [0.3, 0.4) is 0 Å². The fourth-order valence-electron chi connectivity index (χ4n) is 2.64. The number of para-hydroxylation sites is 1. The van der Waals surface area contributed by atoms with Gasteiger partial charge in [-0.3, -0.25) is 0 Å². The summed E-state index contributed by atoms with van der Waals surface area (Å²) in [4.78, 5) is 0. The van der Waals surface area contributed by atoms with Crippen molar-refractivity contribution in [1.29, 1.82) is 0 Å². The van der Waals surface area contributed by atoms with E-state index in [2.05, 4.69) is 0 Å². The topological polar surface area (TPSA) is 35.2 Å². The standard InChI is InChI=1S/C14H18F3NO/c1-3-13(4-2)8-11(18)9-6-5-7-10(12(9)19-13)14(15,16)17/h5-7,11H,3-4,8,18H2,1-2H3. The molecule has 0 aromatic heterocycles. The number of hydrogen-bond acceptors (Lipinski definition) is 2. The number of nitrogens with two attached hydrogens (primary N) is 1. The zero-order valence-corrected chi connectivity index (χ0v) is 11.1. The van der Waals surface area contributed by atoms with Crippen LogP contribution in [-0.2, 0) is 6.18 Å². The predicted molar refractivity (Wildman–Crippen MR) is 66.9 cm³/mol. The van der Waals surface area contributed by atoms with Crippen LogP contribution in [0.25, 0.3) is 0 Å². The normalized spacial score (nSPS) is 21.7. The minimum absolute atomic E-state index is 0.0857. The molecule has 1 heterocycles. The molecule has 2 N–H and O–H groups in total. The van der Waals surface area contributed by atoms with Crippen molar-refractivity contribution in [3.05, 3.63) is 29.3 Å². The van der Waals surface area contributed by atoms with E-state index in [-0.39, 0.29) is 5.75 Å². The van der Waals surface area contributed by atoms with Crippen LogP contribution in [0.5, 0.6) is 5.75 Å². The molecule has 5 heteroatoms. The van der Waals surface area contributed by atoms with Gasteiger partial charge in [0.2, 0.25) is 0 Å². The summed E-state index contributed by atoms with van der Waals surface area (Å²) in [6.45, 7) is 3.83. The minimum atomic E-state index is -4.42. The molecule has 0 radical (unpaired) electrons. The lowest BCUT2D eigenvalue weighted by Gasteiger charge is -2.41. The summed E-state index contributed by atoms with van der Waals surface area (Å²) < 4.78 is 44.9. The average molecular weight is 273 g/mol. The largest absolute Gasteiger partial charge is 0.486 e. The highest BCUT2D eigenvalue weighted by molar-refractivity contribution is 5.47. The van der Waals surface area contributed by atoms with Crippen LogP contribution >= 0.6 is 0 Å². The molecule has 0 aliphatic carbocycles. The molecule has 0 bridgehead atoms. The SMILES string of the molecule is CCC1(CC)CC(N)c2cccc(C(F)(F)F)c2O1. The van der Waals surface area contributed by atoms with Gasteiger partial charge in [0.15, 0.2) is 0 Å². The highest BCUT2D eigenvalue weighted by Crippen LogP contribution is 2.47. The van der Waals surface area contributed by atoms with E-state index in [9.17, 15) is 13.2 Å². The lowest BCUT2D eigenvalue weighted by Crippen LogP contribution is -2.42. The molecule has 1 unspecified atom stereocenters. The van der Waals surface area contributed by atoms with Gasteiger partial charge in [0.05, 0.1) is 5.56 Å². The number of benzene rings is 1. The monoisotopic (exact) mass is 273 g/mol. The molecule has 2 rings (SSSR count). The second-order valence-electron chi connectivity index (χ2n) is 5.02. The zero-order chi connectivity index (χ0) is 14.3. The van der Waals surface area contributed by atoms with Gasteiger partial charge < -0.3 is 10.5 Å². The van der Waals surface area contributed by atoms with Gasteiger partial charge in [-0.2, -0.15) is 13.2 Å². The summed E-state index contributed by atoms with van der Waals surface area (Å²) >= 11 is 0. The molecule has 2 nitrogen and oxygen atoms in total. The van der Waals surface area contributed by atoms with Crippen molar-refractivity contribution >= 4 is 0 Å². The van der Waals surface area contributed by atoms with Gasteiger partial charge in [-0.25, -0.2) is 0 Å². The van der Waals surface area contributed by atoms with Gasteiger partial charge >= 0.3 is 6.18 Å². The van der Waals surface area contributed by atoms with Gasteiger partial charge in [-0.05, 0) is 18.9 Å². The van der Waals surface area contributed by atoms with Crippen LogP contribution in [0.2, 0.25) is 0 Å². The van der Waals surface area contributed by atoms with Gasteiger partial charge in [0.25, 0.3) is 0 Å². The van der Waals surface area contributed by atoms with Crippen molar-refractivity contribution in [2.75, 3.05) is 0 Å². The first-order valence-corrected chi connectivity index (χ1v) is 6.47. The summed E-state index contributed by atoms with van der Waals surface area (Å²) in [6.07, 6.45) is -2.59. The van der Waals surface area contributed by atoms with Crippen LogP contribution in [-0.4, -0.2) is 5.60 Å². The Balaban J connectivity index is 2.55. The molecule has 1 aromatic rings. The smallest absolute Gasteiger partial charge is 0.419 e. The van der Waals surface area contributed by atoms with Crippen LogP contribution in [0.4, 0.5) is 13.2 Å². The van der Waals surface area contributed by atoms with E-state index in [0.717, 1.165) is 6.07 Å². The van der Waals surface area contributed by atoms with Crippen molar-refractivity contribution in [3.63, 3.8) is 0 Å². The maximum absolute atomic E-state index is 13.0. The predicted octanol–water partition coefficient (Wildman–Crippen LogP) is 4.05.